The molecule has 0 bridgehead atoms. The van der Waals surface area contributed by atoms with Crippen LogP contribution in [0.4, 0.5) is 0 Å². The number of benzene rings is 3. The second kappa shape index (κ2) is 9.94. The number of halogens is 2. The number of para-hydroxylation sites is 1. The van der Waals surface area contributed by atoms with Gasteiger partial charge in [0.05, 0.1) is 24.3 Å². The molecule has 1 heterocycles. The molecule has 0 aliphatic carbocycles. The number of hydrogen-bond acceptors (Lipinski definition) is 4. The molecule has 172 valence electrons. The van der Waals surface area contributed by atoms with E-state index in [2.05, 4.69) is 0 Å². The van der Waals surface area contributed by atoms with Gasteiger partial charge in [0.2, 0.25) is 6.10 Å². The van der Waals surface area contributed by atoms with Gasteiger partial charge < -0.3 is 19.1 Å². The molecule has 3 aromatic rings. The first-order valence-corrected chi connectivity index (χ1v) is 11.4. The molecule has 0 saturated carbocycles. The van der Waals surface area contributed by atoms with Crippen LogP contribution in [0.5, 0.6) is 17.2 Å². The van der Waals surface area contributed by atoms with Crippen molar-refractivity contribution >= 4 is 29.1 Å². The van der Waals surface area contributed by atoms with Crippen molar-refractivity contribution in [2.45, 2.75) is 25.5 Å². The molecule has 0 unspecified atom stereocenters. The number of carbonyl (C=O) groups is 1. The van der Waals surface area contributed by atoms with Crippen molar-refractivity contribution in [3.8, 4) is 17.2 Å². The van der Waals surface area contributed by atoms with Crippen molar-refractivity contribution < 1.29 is 19.0 Å². The predicted molar refractivity (Wildman–Crippen MR) is 130 cm³/mol. The maximum Gasteiger partial charge on any atom is 0.266 e. The van der Waals surface area contributed by atoms with Crippen molar-refractivity contribution in [2.24, 2.45) is 0 Å². The van der Waals surface area contributed by atoms with Crippen molar-refractivity contribution in [3.05, 3.63) is 87.4 Å². The quantitative estimate of drug-likeness (QED) is 0.373. The monoisotopic (exact) mass is 485 g/mol. The zero-order valence-corrected chi connectivity index (χ0v) is 20.2. The largest absolute Gasteiger partial charge is 0.493 e. The Kier molecular flexibility index (Phi) is 7.01. The van der Waals surface area contributed by atoms with Gasteiger partial charge in [-0.2, -0.15) is 0 Å². The van der Waals surface area contributed by atoms with Crippen LogP contribution in [-0.2, 0) is 11.2 Å². The van der Waals surface area contributed by atoms with Gasteiger partial charge in [0.15, 0.2) is 11.5 Å². The number of amides is 1. The van der Waals surface area contributed by atoms with Gasteiger partial charge >= 0.3 is 0 Å². The zero-order chi connectivity index (χ0) is 23.5. The molecule has 3 aromatic carbocycles. The highest BCUT2D eigenvalue weighted by Crippen LogP contribution is 2.43. The van der Waals surface area contributed by atoms with Crippen LogP contribution < -0.4 is 14.2 Å². The third kappa shape index (κ3) is 4.61. The van der Waals surface area contributed by atoms with Crippen LogP contribution >= 0.6 is 23.2 Å². The number of hydrogen-bond donors (Lipinski definition) is 0. The Bertz CT molecular complexity index is 1170. The summed E-state index contributed by atoms with van der Waals surface area (Å²) in [6, 6.07) is 18.5. The molecule has 1 amide bonds. The molecular weight excluding hydrogens is 461 g/mol. The number of carbonyl (C=O) groups excluding carboxylic acids is 1. The van der Waals surface area contributed by atoms with Crippen molar-refractivity contribution in [3.63, 3.8) is 0 Å². The van der Waals surface area contributed by atoms with E-state index in [0.29, 0.717) is 40.3 Å². The van der Waals surface area contributed by atoms with Gasteiger partial charge in [-0.05, 0) is 54.3 Å². The van der Waals surface area contributed by atoms with Crippen molar-refractivity contribution in [1.82, 2.24) is 4.90 Å². The second-order valence-electron chi connectivity index (χ2n) is 7.86. The highest BCUT2D eigenvalue weighted by Gasteiger charge is 2.50. The lowest BCUT2D eigenvalue weighted by molar-refractivity contribution is -0.164. The molecule has 2 atom stereocenters. The van der Waals surface area contributed by atoms with Gasteiger partial charge in [0, 0.05) is 6.54 Å². The fourth-order valence-electron chi connectivity index (χ4n) is 4.07. The maximum atomic E-state index is 13.2. The summed E-state index contributed by atoms with van der Waals surface area (Å²) in [5.74, 6) is 1.91. The molecule has 7 heteroatoms. The number of β-lactam (4-membered cyclic amide) rings is 1. The van der Waals surface area contributed by atoms with E-state index >= 15 is 0 Å². The number of aryl methyl sites for hydroxylation is 1. The minimum absolute atomic E-state index is 0.0835. The molecular formula is C26H25Cl2NO4. The summed E-state index contributed by atoms with van der Waals surface area (Å²) in [7, 11) is 3.20. The molecule has 0 radical (unpaired) electrons. The molecule has 1 saturated heterocycles. The summed E-state index contributed by atoms with van der Waals surface area (Å²) >= 11 is 12.8. The Labute approximate surface area is 203 Å². The lowest BCUT2D eigenvalue weighted by atomic mass is 9.89. The molecule has 0 spiro atoms. The summed E-state index contributed by atoms with van der Waals surface area (Å²) in [6.07, 6.45) is -0.0369. The summed E-state index contributed by atoms with van der Waals surface area (Å²) in [5, 5.41) is 0.883. The molecule has 0 N–H and O–H groups in total. The molecule has 1 aliphatic heterocycles. The van der Waals surface area contributed by atoms with Crippen LogP contribution in [0, 0.1) is 6.92 Å². The van der Waals surface area contributed by atoms with Crippen LogP contribution in [0.3, 0.4) is 0 Å². The Morgan fingerprint density at radius 2 is 1.67 bits per heavy atom. The van der Waals surface area contributed by atoms with E-state index in [1.165, 1.54) is 0 Å². The third-order valence-electron chi connectivity index (χ3n) is 5.89. The fourth-order valence-corrected chi connectivity index (χ4v) is 4.49. The topological polar surface area (TPSA) is 48.0 Å². The summed E-state index contributed by atoms with van der Waals surface area (Å²) < 4.78 is 16.9. The summed E-state index contributed by atoms with van der Waals surface area (Å²) in [5.41, 5.74) is 2.76. The average molecular weight is 486 g/mol. The van der Waals surface area contributed by atoms with E-state index in [-0.39, 0.29) is 11.9 Å². The van der Waals surface area contributed by atoms with E-state index in [4.69, 9.17) is 37.4 Å². The Hall–Kier alpha value is -2.89. The van der Waals surface area contributed by atoms with Gasteiger partial charge in [-0.25, -0.2) is 0 Å². The Morgan fingerprint density at radius 1 is 0.909 bits per heavy atom. The number of nitrogens with zero attached hydrogens (tertiary/aromatic N) is 1. The first kappa shape index (κ1) is 23.3. The zero-order valence-electron chi connectivity index (χ0n) is 18.7. The summed E-state index contributed by atoms with van der Waals surface area (Å²) in [4.78, 5) is 15.0. The first-order valence-electron chi connectivity index (χ1n) is 10.6. The third-order valence-corrected chi connectivity index (χ3v) is 6.72. The van der Waals surface area contributed by atoms with Crippen LogP contribution in [0.2, 0.25) is 10.0 Å². The van der Waals surface area contributed by atoms with E-state index in [0.717, 1.165) is 16.7 Å². The standard InChI is InChI=1S/C26H25Cl2NO4/c1-16-7-4-5-10-20(16)33-25-24(18-8-6-9-19(27)23(18)28)29(26(25)30)14-13-17-11-12-21(31-2)22(15-17)32-3/h4-12,15,24-25H,13-14H2,1-3H3/t24-,25-/m0/s1. The molecule has 1 fully saturated rings. The Balaban J connectivity index is 1.59. The van der Waals surface area contributed by atoms with Gasteiger partial charge in [0.1, 0.15) is 11.8 Å². The van der Waals surface area contributed by atoms with Gasteiger partial charge in [-0.1, -0.05) is 59.6 Å². The fraction of sp³-hybridized carbons (Fsp3) is 0.269. The number of likely N-dealkylation sites (tertiary alicyclic amines) is 1. The number of methoxy groups -OCH3 is 2. The molecule has 33 heavy (non-hydrogen) atoms. The highest BCUT2D eigenvalue weighted by molar-refractivity contribution is 6.42. The highest BCUT2D eigenvalue weighted by atomic mass is 35.5. The van der Waals surface area contributed by atoms with Crippen LogP contribution in [-0.4, -0.2) is 37.7 Å². The first-order chi connectivity index (χ1) is 15.9. The lowest BCUT2D eigenvalue weighted by Gasteiger charge is -2.47. The normalized spacial score (nSPS) is 17.5. The average Bonchev–Trinajstić information content (AvgIpc) is 2.83. The number of rotatable bonds is 8. The van der Waals surface area contributed by atoms with E-state index in [1.807, 2.05) is 61.5 Å². The van der Waals surface area contributed by atoms with Gasteiger partial charge in [0.25, 0.3) is 5.91 Å². The minimum Gasteiger partial charge on any atom is -0.493 e. The lowest BCUT2D eigenvalue weighted by Crippen LogP contribution is -2.61. The molecule has 4 rings (SSSR count). The van der Waals surface area contributed by atoms with Crippen LogP contribution in [0.25, 0.3) is 0 Å². The SMILES string of the molecule is COc1ccc(CCN2C(=O)[C@@H](Oc3ccccc3C)[C@@H]2c2cccc(Cl)c2Cl)cc1OC. The summed E-state index contributed by atoms with van der Waals surface area (Å²) in [6.45, 7) is 2.45. The Morgan fingerprint density at radius 3 is 2.39 bits per heavy atom. The van der Waals surface area contributed by atoms with Gasteiger partial charge in [-0.15, -0.1) is 0 Å². The van der Waals surface area contributed by atoms with E-state index in [1.54, 1.807) is 25.2 Å². The van der Waals surface area contributed by atoms with Crippen LogP contribution in [0.15, 0.2) is 60.7 Å². The predicted octanol–water partition coefficient (Wildman–Crippen LogP) is 5.89. The maximum absolute atomic E-state index is 13.2. The van der Waals surface area contributed by atoms with Crippen molar-refractivity contribution in [2.75, 3.05) is 20.8 Å². The minimum atomic E-state index is -0.674. The smallest absolute Gasteiger partial charge is 0.266 e. The number of ether oxygens (including phenoxy) is 3. The van der Waals surface area contributed by atoms with Crippen molar-refractivity contribution in [1.29, 1.82) is 0 Å². The molecule has 5 nitrogen and oxygen atoms in total. The van der Waals surface area contributed by atoms with E-state index < -0.39 is 6.10 Å². The van der Waals surface area contributed by atoms with E-state index in [9.17, 15) is 4.79 Å². The molecule has 1 aliphatic rings. The van der Waals surface area contributed by atoms with Gasteiger partial charge in [-0.3, -0.25) is 4.79 Å². The van der Waals surface area contributed by atoms with Crippen LogP contribution in [0.1, 0.15) is 22.7 Å². The molecule has 0 aromatic heterocycles. The second-order valence-corrected chi connectivity index (χ2v) is 8.65.